The molecular formula is C19H30N2O2. The lowest BCUT2D eigenvalue weighted by molar-refractivity contribution is 0.231. The molecular weight excluding hydrogens is 288 g/mol. The van der Waals surface area contributed by atoms with E-state index in [1.54, 1.807) is 0 Å². The molecule has 0 bridgehead atoms. The second-order valence-corrected chi connectivity index (χ2v) is 6.64. The normalized spacial score (nSPS) is 15.8. The van der Waals surface area contributed by atoms with Gasteiger partial charge in [-0.1, -0.05) is 31.7 Å². The highest BCUT2D eigenvalue weighted by Gasteiger charge is 2.14. The van der Waals surface area contributed by atoms with Gasteiger partial charge >= 0.3 is 6.03 Å². The van der Waals surface area contributed by atoms with E-state index in [1.807, 2.05) is 6.92 Å². The molecule has 1 aliphatic carbocycles. The number of hydrogen-bond donors (Lipinski definition) is 2. The van der Waals surface area contributed by atoms with E-state index in [2.05, 4.69) is 36.6 Å². The molecule has 0 aliphatic heterocycles. The molecule has 23 heavy (non-hydrogen) atoms. The number of carbonyl (C=O) groups is 1. The van der Waals surface area contributed by atoms with Gasteiger partial charge in [0.05, 0.1) is 6.54 Å². The minimum atomic E-state index is -0.0719. The van der Waals surface area contributed by atoms with Gasteiger partial charge in [0, 0.05) is 6.04 Å². The maximum absolute atomic E-state index is 11.9. The quantitative estimate of drug-likeness (QED) is 0.636. The van der Waals surface area contributed by atoms with Gasteiger partial charge in [-0.2, -0.15) is 0 Å². The molecule has 4 heteroatoms. The molecule has 0 saturated heterocycles. The van der Waals surface area contributed by atoms with Gasteiger partial charge in [-0.3, -0.25) is 0 Å². The fourth-order valence-electron chi connectivity index (χ4n) is 3.08. The number of rotatable bonds is 5. The SMILES string of the molecule is Cc1cc(C)c(OCCNC(=O)NC2CCCCCC2)cc1C. The van der Waals surface area contributed by atoms with Crippen molar-refractivity contribution in [3.8, 4) is 5.75 Å². The van der Waals surface area contributed by atoms with Crippen LogP contribution in [0.4, 0.5) is 4.79 Å². The predicted molar refractivity (Wildman–Crippen MR) is 94.2 cm³/mol. The number of urea groups is 1. The van der Waals surface area contributed by atoms with Crippen molar-refractivity contribution in [2.75, 3.05) is 13.2 Å². The van der Waals surface area contributed by atoms with E-state index in [4.69, 9.17) is 4.74 Å². The maximum atomic E-state index is 11.9. The molecule has 1 aromatic carbocycles. The van der Waals surface area contributed by atoms with Crippen LogP contribution in [0.3, 0.4) is 0 Å². The summed E-state index contributed by atoms with van der Waals surface area (Å²) in [7, 11) is 0. The summed E-state index contributed by atoms with van der Waals surface area (Å²) in [6.07, 6.45) is 7.24. The average molecular weight is 318 g/mol. The van der Waals surface area contributed by atoms with Crippen LogP contribution < -0.4 is 15.4 Å². The number of carbonyl (C=O) groups excluding carboxylic acids is 1. The predicted octanol–water partition coefficient (Wildman–Crippen LogP) is 4.01. The first-order valence-electron chi connectivity index (χ1n) is 8.81. The summed E-state index contributed by atoms with van der Waals surface area (Å²) in [6.45, 7) is 7.24. The molecule has 0 aromatic heterocycles. The molecule has 1 aromatic rings. The maximum Gasteiger partial charge on any atom is 0.315 e. The Morgan fingerprint density at radius 2 is 1.70 bits per heavy atom. The van der Waals surface area contributed by atoms with E-state index >= 15 is 0 Å². The zero-order valence-electron chi connectivity index (χ0n) is 14.7. The highest BCUT2D eigenvalue weighted by molar-refractivity contribution is 5.74. The molecule has 2 amide bonds. The van der Waals surface area contributed by atoms with Crippen LogP contribution in [-0.4, -0.2) is 25.2 Å². The monoisotopic (exact) mass is 318 g/mol. The van der Waals surface area contributed by atoms with E-state index in [9.17, 15) is 4.79 Å². The first-order chi connectivity index (χ1) is 11.1. The van der Waals surface area contributed by atoms with Gasteiger partial charge in [0.2, 0.25) is 0 Å². The van der Waals surface area contributed by atoms with Gasteiger partial charge in [0.25, 0.3) is 0 Å². The van der Waals surface area contributed by atoms with Crippen LogP contribution in [0, 0.1) is 20.8 Å². The van der Waals surface area contributed by atoms with Crippen molar-refractivity contribution in [2.45, 2.75) is 65.3 Å². The molecule has 1 saturated carbocycles. The van der Waals surface area contributed by atoms with Crippen LogP contribution in [0.1, 0.15) is 55.2 Å². The van der Waals surface area contributed by atoms with Crippen molar-refractivity contribution in [3.05, 3.63) is 28.8 Å². The fourth-order valence-corrected chi connectivity index (χ4v) is 3.08. The van der Waals surface area contributed by atoms with E-state index in [0.717, 1.165) is 24.2 Å². The lowest BCUT2D eigenvalue weighted by atomic mass is 10.1. The highest BCUT2D eigenvalue weighted by atomic mass is 16.5. The molecule has 1 fully saturated rings. The Morgan fingerprint density at radius 1 is 1.04 bits per heavy atom. The number of benzene rings is 1. The zero-order chi connectivity index (χ0) is 16.7. The average Bonchev–Trinajstić information content (AvgIpc) is 2.77. The standard InChI is InChI=1S/C19H30N2O2/c1-14-12-16(3)18(13-15(14)2)23-11-10-20-19(22)21-17-8-6-4-5-7-9-17/h12-13,17H,4-11H2,1-3H3,(H2,20,21,22). The summed E-state index contributed by atoms with van der Waals surface area (Å²) < 4.78 is 5.79. The van der Waals surface area contributed by atoms with Gasteiger partial charge in [-0.05, 0) is 56.4 Å². The molecule has 1 aliphatic rings. The summed E-state index contributed by atoms with van der Waals surface area (Å²) in [5.41, 5.74) is 3.64. The number of aryl methyl sites for hydroxylation is 3. The first kappa shape index (κ1) is 17.6. The van der Waals surface area contributed by atoms with E-state index in [1.165, 1.54) is 36.8 Å². The molecule has 0 atom stereocenters. The van der Waals surface area contributed by atoms with Gasteiger partial charge in [-0.25, -0.2) is 4.79 Å². The third-order valence-corrected chi connectivity index (χ3v) is 4.63. The second-order valence-electron chi connectivity index (χ2n) is 6.64. The largest absolute Gasteiger partial charge is 0.491 e. The number of amides is 2. The summed E-state index contributed by atoms with van der Waals surface area (Å²) in [5, 5.41) is 5.97. The minimum absolute atomic E-state index is 0.0719. The van der Waals surface area contributed by atoms with Crippen LogP contribution in [0.5, 0.6) is 5.75 Å². The van der Waals surface area contributed by atoms with Crippen LogP contribution in [0.15, 0.2) is 12.1 Å². The smallest absolute Gasteiger partial charge is 0.315 e. The second kappa shape index (κ2) is 8.80. The van der Waals surface area contributed by atoms with E-state index in [0.29, 0.717) is 19.2 Å². The Morgan fingerprint density at radius 3 is 2.39 bits per heavy atom. The van der Waals surface area contributed by atoms with Gasteiger partial charge < -0.3 is 15.4 Å². The zero-order valence-corrected chi connectivity index (χ0v) is 14.7. The first-order valence-corrected chi connectivity index (χ1v) is 8.81. The van der Waals surface area contributed by atoms with Gasteiger partial charge in [0.1, 0.15) is 12.4 Å². The topological polar surface area (TPSA) is 50.4 Å². The van der Waals surface area contributed by atoms with Crippen molar-refractivity contribution >= 4 is 6.03 Å². The summed E-state index contributed by atoms with van der Waals surface area (Å²) >= 11 is 0. The number of hydrogen-bond acceptors (Lipinski definition) is 2. The highest BCUT2D eigenvalue weighted by Crippen LogP contribution is 2.22. The summed E-state index contributed by atoms with van der Waals surface area (Å²) in [6, 6.07) is 4.46. The van der Waals surface area contributed by atoms with Crippen LogP contribution >= 0.6 is 0 Å². The van der Waals surface area contributed by atoms with Crippen molar-refractivity contribution in [2.24, 2.45) is 0 Å². The Hall–Kier alpha value is -1.71. The molecule has 2 N–H and O–H groups in total. The Balaban J connectivity index is 1.68. The van der Waals surface area contributed by atoms with E-state index in [-0.39, 0.29) is 6.03 Å². The molecule has 0 radical (unpaired) electrons. The lowest BCUT2D eigenvalue weighted by Crippen LogP contribution is -2.43. The molecule has 4 nitrogen and oxygen atoms in total. The van der Waals surface area contributed by atoms with Gasteiger partial charge in [0.15, 0.2) is 0 Å². The Bertz CT molecular complexity index is 520. The molecule has 0 spiro atoms. The van der Waals surface area contributed by atoms with E-state index < -0.39 is 0 Å². The van der Waals surface area contributed by atoms with Crippen molar-refractivity contribution in [3.63, 3.8) is 0 Å². The Labute approximate surface area is 140 Å². The Kier molecular flexibility index (Phi) is 6.75. The third-order valence-electron chi connectivity index (χ3n) is 4.63. The van der Waals surface area contributed by atoms with Crippen molar-refractivity contribution in [1.82, 2.24) is 10.6 Å². The summed E-state index contributed by atoms with van der Waals surface area (Å²) in [4.78, 5) is 11.9. The molecule has 0 heterocycles. The number of ether oxygens (including phenoxy) is 1. The fraction of sp³-hybridized carbons (Fsp3) is 0.632. The third kappa shape index (κ3) is 5.77. The minimum Gasteiger partial charge on any atom is -0.491 e. The van der Waals surface area contributed by atoms with Crippen LogP contribution in [0.2, 0.25) is 0 Å². The molecule has 0 unspecified atom stereocenters. The molecule has 128 valence electrons. The lowest BCUT2D eigenvalue weighted by Gasteiger charge is -2.17. The van der Waals surface area contributed by atoms with Crippen molar-refractivity contribution < 1.29 is 9.53 Å². The number of nitrogens with one attached hydrogen (secondary N) is 2. The van der Waals surface area contributed by atoms with Gasteiger partial charge in [-0.15, -0.1) is 0 Å². The van der Waals surface area contributed by atoms with Crippen LogP contribution in [-0.2, 0) is 0 Å². The molecule has 2 rings (SSSR count). The van der Waals surface area contributed by atoms with Crippen LogP contribution in [0.25, 0.3) is 0 Å². The summed E-state index contributed by atoms with van der Waals surface area (Å²) in [5.74, 6) is 0.902. The van der Waals surface area contributed by atoms with Crippen molar-refractivity contribution in [1.29, 1.82) is 0 Å².